The molecular weight excluding hydrogens is 298 g/mol. The van der Waals surface area contributed by atoms with Gasteiger partial charge in [0.25, 0.3) is 10.1 Å². The third-order valence-electron chi connectivity index (χ3n) is 3.46. The highest BCUT2D eigenvalue weighted by Gasteiger charge is 2.18. The summed E-state index contributed by atoms with van der Waals surface area (Å²) >= 11 is 0. The summed E-state index contributed by atoms with van der Waals surface area (Å²) in [6.45, 7) is 2.08. The molecule has 0 fully saturated rings. The first-order valence-electron chi connectivity index (χ1n) is 6.93. The summed E-state index contributed by atoms with van der Waals surface area (Å²) in [4.78, 5) is 0.235. The standard InChI is InChI=1S/C17H16O3S.H3N/c1-2-12-20-21(18,19)17-9-5-8-15-14-7-4-3-6-13(14)10-11-16(15)17;/h3-11H,2,12H2,1H3;1H3. The summed E-state index contributed by atoms with van der Waals surface area (Å²) in [7, 11) is -3.72. The predicted molar refractivity (Wildman–Crippen MR) is 89.9 cm³/mol. The van der Waals surface area contributed by atoms with E-state index in [2.05, 4.69) is 0 Å². The molecule has 0 atom stereocenters. The molecule has 0 saturated heterocycles. The van der Waals surface area contributed by atoms with E-state index >= 15 is 0 Å². The molecule has 0 heterocycles. The van der Waals surface area contributed by atoms with Crippen molar-refractivity contribution in [3.05, 3.63) is 54.6 Å². The summed E-state index contributed by atoms with van der Waals surface area (Å²) in [5, 5.41) is 3.76. The third kappa shape index (κ3) is 2.83. The number of hydrogen-bond donors (Lipinski definition) is 1. The molecule has 0 aromatic heterocycles. The lowest BCUT2D eigenvalue weighted by Gasteiger charge is -2.10. The number of hydrogen-bond acceptors (Lipinski definition) is 4. The summed E-state index contributed by atoms with van der Waals surface area (Å²) in [6.07, 6.45) is 0.660. The van der Waals surface area contributed by atoms with Crippen molar-refractivity contribution in [1.82, 2.24) is 6.15 Å². The van der Waals surface area contributed by atoms with Gasteiger partial charge in [-0.2, -0.15) is 8.42 Å². The molecule has 0 aliphatic rings. The number of rotatable bonds is 4. The highest BCUT2D eigenvalue weighted by atomic mass is 32.2. The highest BCUT2D eigenvalue weighted by Crippen LogP contribution is 2.30. The van der Waals surface area contributed by atoms with E-state index in [-0.39, 0.29) is 17.7 Å². The Kier molecular flexibility index (Phi) is 4.81. The van der Waals surface area contributed by atoms with Crippen molar-refractivity contribution >= 4 is 31.7 Å². The van der Waals surface area contributed by atoms with E-state index < -0.39 is 10.1 Å². The number of fused-ring (bicyclic) bond motifs is 3. The van der Waals surface area contributed by atoms with Gasteiger partial charge in [-0.15, -0.1) is 0 Å². The maximum atomic E-state index is 12.3. The van der Waals surface area contributed by atoms with Gasteiger partial charge in [-0.05, 0) is 28.6 Å². The second-order valence-electron chi connectivity index (χ2n) is 4.91. The summed E-state index contributed by atoms with van der Waals surface area (Å²) in [6, 6.07) is 17.0. The van der Waals surface area contributed by atoms with Gasteiger partial charge in [-0.1, -0.05) is 55.5 Å². The minimum atomic E-state index is -3.72. The SMILES string of the molecule is CCCOS(=O)(=O)c1cccc2c1ccc1ccccc12.N. The van der Waals surface area contributed by atoms with Crippen LogP contribution >= 0.6 is 0 Å². The summed E-state index contributed by atoms with van der Waals surface area (Å²) in [5.74, 6) is 0. The maximum absolute atomic E-state index is 12.3. The van der Waals surface area contributed by atoms with Crippen LogP contribution in [0.3, 0.4) is 0 Å². The Morgan fingerprint density at radius 3 is 2.36 bits per heavy atom. The second-order valence-corrected chi connectivity index (χ2v) is 6.50. The van der Waals surface area contributed by atoms with Crippen LogP contribution in [0.15, 0.2) is 59.5 Å². The fourth-order valence-corrected chi connectivity index (χ4v) is 3.69. The van der Waals surface area contributed by atoms with Crippen molar-refractivity contribution in [2.45, 2.75) is 18.2 Å². The molecule has 0 unspecified atom stereocenters. The average Bonchev–Trinajstić information content (AvgIpc) is 2.52. The molecule has 0 saturated carbocycles. The molecular formula is C17H19NO3S. The van der Waals surface area contributed by atoms with Crippen LogP contribution in [0.2, 0.25) is 0 Å². The Labute approximate surface area is 130 Å². The van der Waals surface area contributed by atoms with Gasteiger partial charge < -0.3 is 6.15 Å². The van der Waals surface area contributed by atoms with Crippen molar-refractivity contribution in [1.29, 1.82) is 0 Å². The average molecular weight is 317 g/mol. The zero-order valence-electron chi connectivity index (χ0n) is 12.5. The van der Waals surface area contributed by atoms with Crippen LogP contribution < -0.4 is 6.15 Å². The van der Waals surface area contributed by atoms with E-state index in [9.17, 15) is 8.42 Å². The van der Waals surface area contributed by atoms with Gasteiger partial charge in [-0.25, -0.2) is 0 Å². The molecule has 3 aromatic carbocycles. The highest BCUT2D eigenvalue weighted by molar-refractivity contribution is 7.87. The van der Waals surface area contributed by atoms with Crippen molar-refractivity contribution in [2.24, 2.45) is 0 Å². The van der Waals surface area contributed by atoms with Crippen LogP contribution in [0.1, 0.15) is 13.3 Å². The molecule has 116 valence electrons. The van der Waals surface area contributed by atoms with Crippen LogP contribution in [0.25, 0.3) is 21.5 Å². The Bertz CT molecular complexity index is 904. The maximum Gasteiger partial charge on any atom is 0.297 e. The summed E-state index contributed by atoms with van der Waals surface area (Å²) < 4.78 is 29.7. The van der Waals surface area contributed by atoms with E-state index in [0.717, 1.165) is 16.2 Å². The van der Waals surface area contributed by atoms with Crippen LogP contribution in [-0.4, -0.2) is 15.0 Å². The molecule has 4 nitrogen and oxygen atoms in total. The van der Waals surface area contributed by atoms with Gasteiger partial charge in [0.05, 0.1) is 6.61 Å². The van der Waals surface area contributed by atoms with E-state index in [1.165, 1.54) is 0 Å². The van der Waals surface area contributed by atoms with Gasteiger partial charge in [0.2, 0.25) is 0 Å². The van der Waals surface area contributed by atoms with Gasteiger partial charge in [0.1, 0.15) is 4.90 Å². The largest absolute Gasteiger partial charge is 0.344 e. The fraction of sp³-hybridized carbons (Fsp3) is 0.176. The summed E-state index contributed by atoms with van der Waals surface area (Å²) in [5.41, 5.74) is 0. The Morgan fingerprint density at radius 1 is 0.864 bits per heavy atom. The Hall–Kier alpha value is -1.95. The van der Waals surface area contributed by atoms with Gasteiger partial charge in [0.15, 0.2) is 0 Å². The lowest BCUT2D eigenvalue weighted by atomic mass is 10.0. The molecule has 0 amide bonds. The normalized spacial score (nSPS) is 11.5. The van der Waals surface area contributed by atoms with Crippen LogP contribution in [0.4, 0.5) is 0 Å². The van der Waals surface area contributed by atoms with Crippen molar-refractivity contribution < 1.29 is 12.6 Å². The predicted octanol–water partition coefficient (Wildman–Crippen LogP) is 4.27. The first kappa shape index (κ1) is 16.4. The lowest BCUT2D eigenvalue weighted by Crippen LogP contribution is -2.07. The van der Waals surface area contributed by atoms with Crippen LogP contribution in [0, 0.1) is 0 Å². The second kappa shape index (κ2) is 6.44. The smallest absolute Gasteiger partial charge is 0.297 e. The molecule has 3 N–H and O–H groups in total. The van der Waals surface area contributed by atoms with Crippen molar-refractivity contribution in [3.8, 4) is 0 Å². The first-order valence-corrected chi connectivity index (χ1v) is 8.34. The monoisotopic (exact) mass is 317 g/mol. The van der Waals surface area contributed by atoms with Crippen molar-refractivity contribution in [2.75, 3.05) is 6.61 Å². The van der Waals surface area contributed by atoms with Crippen molar-refractivity contribution in [3.63, 3.8) is 0 Å². The van der Waals surface area contributed by atoms with E-state index in [1.807, 2.05) is 49.4 Å². The minimum absolute atomic E-state index is 0. The molecule has 5 heteroatoms. The third-order valence-corrected chi connectivity index (χ3v) is 4.83. The quantitative estimate of drug-likeness (QED) is 0.575. The Morgan fingerprint density at radius 2 is 1.59 bits per heavy atom. The van der Waals surface area contributed by atoms with Gasteiger partial charge >= 0.3 is 0 Å². The molecule has 0 aliphatic heterocycles. The topological polar surface area (TPSA) is 78.4 Å². The molecule has 0 radical (unpaired) electrons. The van der Waals surface area contributed by atoms with Crippen LogP contribution in [-0.2, 0) is 14.3 Å². The zero-order valence-corrected chi connectivity index (χ0v) is 13.3. The Balaban J connectivity index is 0.00000176. The van der Waals surface area contributed by atoms with Crippen LogP contribution in [0.5, 0.6) is 0 Å². The lowest BCUT2D eigenvalue weighted by molar-refractivity contribution is 0.318. The minimum Gasteiger partial charge on any atom is -0.344 e. The molecule has 22 heavy (non-hydrogen) atoms. The fourth-order valence-electron chi connectivity index (χ4n) is 2.49. The molecule has 3 rings (SSSR count). The van der Waals surface area contributed by atoms with E-state index in [1.54, 1.807) is 12.1 Å². The first-order chi connectivity index (χ1) is 10.1. The van der Waals surface area contributed by atoms with Gasteiger partial charge in [0, 0.05) is 5.39 Å². The van der Waals surface area contributed by atoms with E-state index in [4.69, 9.17) is 4.18 Å². The molecule has 0 spiro atoms. The molecule has 3 aromatic rings. The molecule has 0 aliphatic carbocycles. The van der Waals surface area contributed by atoms with E-state index in [0.29, 0.717) is 11.8 Å². The zero-order chi connectivity index (χ0) is 14.9. The number of benzene rings is 3. The molecule has 0 bridgehead atoms. The van der Waals surface area contributed by atoms with Gasteiger partial charge in [-0.3, -0.25) is 4.18 Å².